The number of hydrogen-bond acceptors (Lipinski definition) is 4. The van der Waals surface area contributed by atoms with E-state index in [1.54, 1.807) is 17.0 Å². The molecule has 0 unspecified atom stereocenters. The van der Waals surface area contributed by atoms with Crippen LogP contribution in [0.25, 0.3) is 22.3 Å². The van der Waals surface area contributed by atoms with Crippen LogP contribution >= 0.6 is 11.6 Å². The van der Waals surface area contributed by atoms with E-state index >= 15 is 0 Å². The average molecular weight is 516 g/mol. The van der Waals surface area contributed by atoms with E-state index in [1.165, 1.54) is 0 Å². The normalized spacial score (nSPS) is 15.2. The van der Waals surface area contributed by atoms with Crippen LogP contribution in [0.5, 0.6) is 0 Å². The van der Waals surface area contributed by atoms with Crippen LogP contribution in [0.4, 0.5) is 4.79 Å². The van der Waals surface area contributed by atoms with Gasteiger partial charge in [0.25, 0.3) is 5.91 Å². The van der Waals surface area contributed by atoms with Gasteiger partial charge < -0.3 is 15.0 Å². The minimum atomic E-state index is -0.581. The summed E-state index contributed by atoms with van der Waals surface area (Å²) in [4.78, 5) is 27.4. The second kappa shape index (κ2) is 10.7. The number of alkyl carbamates (subject to hydrolysis) is 1. The fourth-order valence-corrected chi connectivity index (χ4v) is 4.77. The smallest absolute Gasteiger partial charge is 0.407 e. The Labute approximate surface area is 222 Å². The zero-order valence-corrected chi connectivity index (χ0v) is 22.2. The first-order valence-electron chi connectivity index (χ1n) is 12.2. The van der Waals surface area contributed by atoms with Crippen molar-refractivity contribution in [2.45, 2.75) is 45.8 Å². The van der Waals surface area contributed by atoms with E-state index in [1.807, 2.05) is 76.2 Å². The van der Waals surface area contributed by atoms with Crippen LogP contribution in [0.2, 0.25) is 5.02 Å². The predicted molar refractivity (Wildman–Crippen MR) is 145 cm³/mol. The van der Waals surface area contributed by atoms with Crippen molar-refractivity contribution in [1.29, 1.82) is 5.26 Å². The molecular weight excluding hydrogens is 486 g/mol. The number of carbonyl (C=O) groups excluding carboxylic acids is 2. The molecule has 37 heavy (non-hydrogen) atoms. The van der Waals surface area contributed by atoms with E-state index in [0.717, 1.165) is 27.8 Å². The number of halogens is 1. The van der Waals surface area contributed by atoms with Gasteiger partial charge in [0.1, 0.15) is 5.60 Å². The number of benzene rings is 3. The van der Waals surface area contributed by atoms with Crippen LogP contribution in [0, 0.1) is 18.3 Å². The molecule has 0 bridgehead atoms. The topological polar surface area (TPSA) is 82.4 Å². The van der Waals surface area contributed by atoms with E-state index in [-0.39, 0.29) is 11.9 Å². The highest BCUT2D eigenvalue weighted by atomic mass is 35.5. The summed E-state index contributed by atoms with van der Waals surface area (Å²) in [5.41, 5.74) is 5.09. The minimum absolute atomic E-state index is 0.107. The maximum absolute atomic E-state index is 13.5. The van der Waals surface area contributed by atoms with E-state index in [0.29, 0.717) is 35.7 Å². The van der Waals surface area contributed by atoms with Crippen LogP contribution < -0.4 is 5.32 Å². The maximum atomic E-state index is 13.5. The second-order valence-corrected chi connectivity index (χ2v) is 10.7. The molecule has 0 radical (unpaired) electrons. The van der Waals surface area contributed by atoms with Gasteiger partial charge in [0, 0.05) is 29.2 Å². The Morgan fingerprint density at radius 1 is 1.03 bits per heavy atom. The molecule has 7 heteroatoms. The van der Waals surface area contributed by atoms with Crippen molar-refractivity contribution in [2.75, 3.05) is 13.1 Å². The van der Waals surface area contributed by atoms with Crippen molar-refractivity contribution in [3.63, 3.8) is 0 Å². The number of nitriles is 1. The van der Waals surface area contributed by atoms with Gasteiger partial charge >= 0.3 is 6.09 Å². The second-order valence-electron chi connectivity index (χ2n) is 10.3. The number of nitrogens with one attached hydrogen (secondary N) is 1. The molecule has 3 aromatic rings. The van der Waals surface area contributed by atoms with Gasteiger partial charge in [-0.1, -0.05) is 41.9 Å². The summed E-state index contributed by atoms with van der Waals surface area (Å²) in [5, 5.41) is 12.7. The SMILES string of the molecule is Cc1ccc(-c2ccc(C(=O)N3CC[C@H](NC(=O)OC(C)(C)C)C3)cc2-c2ccc(C#N)cc2)c(Cl)c1. The van der Waals surface area contributed by atoms with Gasteiger partial charge in [-0.25, -0.2) is 4.79 Å². The Morgan fingerprint density at radius 2 is 1.73 bits per heavy atom. The van der Waals surface area contributed by atoms with E-state index in [2.05, 4.69) is 11.4 Å². The Hall–Kier alpha value is -3.82. The lowest BCUT2D eigenvalue weighted by atomic mass is 9.91. The van der Waals surface area contributed by atoms with Crippen molar-refractivity contribution in [2.24, 2.45) is 0 Å². The van der Waals surface area contributed by atoms with E-state index < -0.39 is 11.7 Å². The molecule has 1 aliphatic rings. The molecule has 0 aliphatic carbocycles. The number of likely N-dealkylation sites (tertiary alicyclic amines) is 1. The highest BCUT2D eigenvalue weighted by Crippen LogP contribution is 2.37. The first-order valence-corrected chi connectivity index (χ1v) is 12.6. The summed E-state index contributed by atoms with van der Waals surface area (Å²) in [5.74, 6) is -0.107. The largest absolute Gasteiger partial charge is 0.444 e. The Bertz CT molecular complexity index is 1370. The molecule has 0 spiro atoms. The number of hydrogen-bond donors (Lipinski definition) is 1. The van der Waals surface area contributed by atoms with Crippen molar-refractivity contribution in [1.82, 2.24) is 10.2 Å². The molecule has 2 amide bonds. The zero-order chi connectivity index (χ0) is 26.7. The summed E-state index contributed by atoms with van der Waals surface area (Å²) in [7, 11) is 0. The van der Waals surface area contributed by atoms with E-state index in [4.69, 9.17) is 16.3 Å². The Morgan fingerprint density at radius 3 is 2.38 bits per heavy atom. The first-order chi connectivity index (χ1) is 17.5. The number of aryl methyl sites for hydroxylation is 1. The fraction of sp³-hybridized carbons (Fsp3) is 0.300. The summed E-state index contributed by atoms with van der Waals surface area (Å²) < 4.78 is 5.35. The molecular formula is C30H30ClN3O3. The molecule has 0 aromatic heterocycles. The number of carbonyl (C=O) groups is 2. The van der Waals surface area contributed by atoms with Crippen LogP contribution in [-0.2, 0) is 4.74 Å². The van der Waals surface area contributed by atoms with Gasteiger partial charge in [0.2, 0.25) is 0 Å². The molecule has 1 fully saturated rings. The molecule has 1 saturated heterocycles. The van der Waals surface area contributed by atoms with Crippen molar-refractivity contribution in [3.05, 3.63) is 82.4 Å². The molecule has 1 heterocycles. The van der Waals surface area contributed by atoms with Gasteiger partial charge in [-0.15, -0.1) is 0 Å². The molecule has 1 N–H and O–H groups in total. The van der Waals surface area contributed by atoms with Crippen LogP contribution in [-0.4, -0.2) is 41.6 Å². The first kappa shape index (κ1) is 26.2. The minimum Gasteiger partial charge on any atom is -0.444 e. The molecule has 1 aliphatic heterocycles. The number of ether oxygens (including phenoxy) is 1. The molecule has 6 nitrogen and oxygen atoms in total. The lowest BCUT2D eigenvalue weighted by Gasteiger charge is -2.22. The van der Waals surface area contributed by atoms with Gasteiger partial charge in [-0.2, -0.15) is 5.26 Å². The Balaban J connectivity index is 1.62. The highest BCUT2D eigenvalue weighted by Gasteiger charge is 2.30. The number of nitrogens with zero attached hydrogens (tertiary/aromatic N) is 2. The number of rotatable bonds is 4. The Kier molecular flexibility index (Phi) is 7.56. The third-order valence-electron chi connectivity index (χ3n) is 6.20. The maximum Gasteiger partial charge on any atom is 0.407 e. The zero-order valence-electron chi connectivity index (χ0n) is 21.5. The van der Waals surface area contributed by atoms with Crippen molar-refractivity contribution in [3.8, 4) is 28.3 Å². The quantitative estimate of drug-likeness (QED) is 0.424. The molecule has 4 rings (SSSR count). The number of amides is 2. The summed E-state index contributed by atoms with van der Waals surface area (Å²) in [6.07, 6.45) is 0.180. The standard InChI is InChI=1S/C30H30ClN3O3/c1-19-5-11-25(27(31)15-19)24-12-10-22(16-26(24)21-8-6-20(17-32)7-9-21)28(35)34-14-13-23(18-34)33-29(36)37-30(2,3)4/h5-12,15-16,23H,13-14,18H2,1-4H3,(H,33,36)/t23-/m0/s1. The fourth-order valence-electron chi connectivity index (χ4n) is 4.43. The molecule has 0 saturated carbocycles. The molecule has 1 atom stereocenters. The summed E-state index contributed by atoms with van der Waals surface area (Å²) >= 11 is 6.61. The van der Waals surface area contributed by atoms with Crippen molar-refractivity contribution < 1.29 is 14.3 Å². The summed E-state index contributed by atoms with van der Waals surface area (Å²) in [6.45, 7) is 8.38. The monoisotopic (exact) mass is 515 g/mol. The van der Waals surface area contributed by atoms with Gasteiger partial charge in [0.15, 0.2) is 0 Å². The van der Waals surface area contributed by atoms with Gasteiger partial charge in [-0.3, -0.25) is 4.79 Å². The lowest BCUT2D eigenvalue weighted by molar-refractivity contribution is 0.0502. The lowest BCUT2D eigenvalue weighted by Crippen LogP contribution is -2.41. The van der Waals surface area contributed by atoms with Crippen LogP contribution in [0.15, 0.2) is 60.7 Å². The van der Waals surface area contributed by atoms with Crippen LogP contribution in [0.3, 0.4) is 0 Å². The predicted octanol–water partition coefficient (Wildman–Crippen LogP) is 6.59. The average Bonchev–Trinajstić information content (AvgIpc) is 3.30. The van der Waals surface area contributed by atoms with Gasteiger partial charge in [-0.05, 0) is 86.7 Å². The third kappa shape index (κ3) is 6.31. The van der Waals surface area contributed by atoms with Gasteiger partial charge in [0.05, 0.1) is 17.7 Å². The van der Waals surface area contributed by atoms with Crippen LogP contribution in [0.1, 0.15) is 48.7 Å². The van der Waals surface area contributed by atoms with E-state index in [9.17, 15) is 14.9 Å². The van der Waals surface area contributed by atoms with Crippen molar-refractivity contribution >= 4 is 23.6 Å². The highest BCUT2D eigenvalue weighted by molar-refractivity contribution is 6.33. The summed E-state index contributed by atoms with van der Waals surface area (Å²) in [6, 6.07) is 20.8. The third-order valence-corrected chi connectivity index (χ3v) is 6.52. The molecule has 190 valence electrons. The molecule has 3 aromatic carbocycles.